The van der Waals surface area contributed by atoms with Crippen LogP contribution in [0.4, 0.5) is 13.2 Å². The second-order valence-corrected chi connectivity index (χ2v) is 4.95. The first-order valence-electron chi connectivity index (χ1n) is 6.55. The molecule has 114 valence electrons. The van der Waals surface area contributed by atoms with Crippen LogP contribution in [0.2, 0.25) is 5.02 Å². The lowest BCUT2D eigenvalue weighted by Crippen LogP contribution is -2.27. The Morgan fingerprint density at radius 1 is 1.25 bits per heavy atom. The molecule has 20 heavy (non-hydrogen) atoms. The first-order chi connectivity index (χ1) is 9.42. The minimum Gasteiger partial charge on any atom is -0.371 e. The maximum Gasteiger partial charge on any atom is 0.411 e. The second-order valence-electron chi connectivity index (χ2n) is 4.51. The molecule has 0 spiro atoms. The fourth-order valence-electron chi connectivity index (χ4n) is 1.86. The molecular formula is C14H19ClF3NO. The molecular weight excluding hydrogens is 291 g/mol. The maximum atomic E-state index is 11.9. The number of rotatable bonds is 8. The van der Waals surface area contributed by atoms with Crippen molar-refractivity contribution in [2.45, 2.75) is 32.0 Å². The molecule has 1 rings (SSSR count). The van der Waals surface area contributed by atoms with Gasteiger partial charge in [0, 0.05) is 17.6 Å². The highest BCUT2D eigenvalue weighted by molar-refractivity contribution is 6.30. The zero-order valence-corrected chi connectivity index (χ0v) is 12.1. The van der Waals surface area contributed by atoms with Gasteiger partial charge in [-0.3, -0.25) is 0 Å². The van der Waals surface area contributed by atoms with Gasteiger partial charge in [-0.15, -0.1) is 0 Å². The smallest absolute Gasteiger partial charge is 0.371 e. The van der Waals surface area contributed by atoms with Gasteiger partial charge in [-0.05, 0) is 24.1 Å². The van der Waals surface area contributed by atoms with E-state index in [9.17, 15) is 13.2 Å². The van der Waals surface area contributed by atoms with E-state index in [0.717, 1.165) is 18.4 Å². The number of hydrogen-bond donors (Lipinski definition) is 1. The SMILES string of the molecule is CCCC(NCCOCC(F)(F)F)c1ccc(Cl)cc1. The summed E-state index contributed by atoms with van der Waals surface area (Å²) in [5, 5.41) is 3.87. The number of nitrogens with one attached hydrogen (secondary N) is 1. The Labute approximate surface area is 122 Å². The molecule has 0 amide bonds. The predicted octanol–water partition coefficient (Wildman–Crippen LogP) is 4.35. The van der Waals surface area contributed by atoms with Crippen LogP contribution >= 0.6 is 11.6 Å². The van der Waals surface area contributed by atoms with Gasteiger partial charge in [0.1, 0.15) is 6.61 Å². The summed E-state index contributed by atoms with van der Waals surface area (Å²) >= 11 is 5.83. The fourth-order valence-corrected chi connectivity index (χ4v) is 1.99. The van der Waals surface area contributed by atoms with Crippen LogP contribution < -0.4 is 5.32 Å². The number of benzene rings is 1. The Kier molecular flexibility index (Phi) is 7.34. The summed E-state index contributed by atoms with van der Waals surface area (Å²) in [7, 11) is 0. The van der Waals surface area contributed by atoms with Crippen LogP contribution in [-0.4, -0.2) is 25.9 Å². The van der Waals surface area contributed by atoms with E-state index in [0.29, 0.717) is 11.6 Å². The van der Waals surface area contributed by atoms with Gasteiger partial charge in [0.05, 0.1) is 6.61 Å². The van der Waals surface area contributed by atoms with Crippen molar-refractivity contribution in [3.05, 3.63) is 34.9 Å². The van der Waals surface area contributed by atoms with E-state index in [1.165, 1.54) is 0 Å². The van der Waals surface area contributed by atoms with E-state index in [1.807, 2.05) is 12.1 Å². The van der Waals surface area contributed by atoms with Gasteiger partial charge in [-0.25, -0.2) is 0 Å². The van der Waals surface area contributed by atoms with Crippen molar-refractivity contribution in [3.8, 4) is 0 Å². The fraction of sp³-hybridized carbons (Fsp3) is 0.571. The monoisotopic (exact) mass is 309 g/mol. The van der Waals surface area contributed by atoms with Gasteiger partial charge < -0.3 is 10.1 Å². The van der Waals surface area contributed by atoms with Crippen molar-refractivity contribution in [1.82, 2.24) is 5.32 Å². The van der Waals surface area contributed by atoms with Gasteiger partial charge in [0.2, 0.25) is 0 Å². The number of hydrogen-bond acceptors (Lipinski definition) is 2. The molecule has 0 radical (unpaired) electrons. The molecule has 1 aromatic rings. The Bertz CT molecular complexity index is 381. The summed E-state index contributed by atoms with van der Waals surface area (Å²) < 4.78 is 40.3. The second kappa shape index (κ2) is 8.49. The summed E-state index contributed by atoms with van der Waals surface area (Å²) in [6.45, 7) is 1.27. The molecule has 1 atom stereocenters. The molecule has 1 N–H and O–H groups in total. The average Bonchev–Trinajstić information content (AvgIpc) is 2.37. The van der Waals surface area contributed by atoms with Crippen LogP contribution in [0, 0.1) is 0 Å². The molecule has 0 aliphatic heterocycles. The third-order valence-electron chi connectivity index (χ3n) is 2.75. The molecule has 0 fully saturated rings. The molecule has 2 nitrogen and oxygen atoms in total. The number of ether oxygens (including phenoxy) is 1. The normalized spacial score (nSPS) is 13.4. The van der Waals surface area contributed by atoms with Gasteiger partial charge in [-0.1, -0.05) is 37.1 Å². The predicted molar refractivity (Wildman–Crippen MR) is 74.0 cm³/mol. The van der Waals surface area contributed by atoms with Crippen LogP contribution in [0.15, 0.2) is 24.3 Å². The quantitative estimate of drug-likeness (QED) is 0.721. The van der Waals surface area contributed by atoms with E-state index in [-0.39, 0.29) is 12.6 Å². The Balaban J connectivity index is 2.38. The largest absolute Gasteiger partial charge is 0.411 e. The van der Waals surface area contributed by atoms with E-state index in [1.54, 1.807) is 12.1 Å². The Morgan fingerprint density at radius 3 is 2.45 bits per heavy atom. The van der Waals surface area contributed by atoms with E-state index in [2.05, 4.69) is 17.0 Å². The zero-order valence-electron chi connectivity index (χ0n) is 11.3. The first kappa shape index (κ1) is 17.3. The van der Waals surface area contributed by atoms with E-state index in [4.69, 9.17) is 11.6 Å². The Morgan fingerprint density at radius 2 is 1.90 bits per heavy atom. The molecule has 0 bridgehead atoms. The van der Waals surface area contributed by atoms with E-state index >= 15 is 0 Å². The highest BCUT2D eigenvalue weighted by Gasteiger charge is 2.27. The number of halogens is 4. The third kappa shape index (κ3) is 7.12. The van der Waals surface area contributed by atoms with Crippen LogP contribution in [0.5, 0.6) is 0 Å². The van der Waals surface area contributed by atoms with E-state index < -0.39 is 12.8 Å². The molecule has 6 heteroatoms. The highest BCUT2D eigenvalue weighted by Crippen LogP contribution is 2.20. The molecule has 0 aliphatic carbocycles. The average molecular weight is 310 g/mol. The first-order valence-corrected chi connectivity index (χ1v) is 6.93. The Hall–Kier alpha value is -0.780. The summed E-state index contributed by atoms with van der Waals surface area (Å²) in [6, 6.07) is 7.56. The molecule has 0 saturated heterocycles. The molecule has 0 aromatic heterocycles. The summed E-state index contributed by atoms with van der Waals surface area (Å²) in [4.78, 5) is 0. The van der Waals surface area contributed by atoms with Crippen molar-refractivity contribution < 1.29 is 17.9 Å². The third-order valence-corrected chi connectivity index (χ3v) is 3.00. The lowest BCUT2D eigenvalue weighted by Gasteiger charge is -2.19. The molecule has 0 aliphatic rings. The van der Waals surface area contributed by atoms with Crippen molar-refractivity contribution >= 4 is 11.6 Å². The van der Waals surface area contributed by atoms with Gasteiger partial charge in [0.25, 0.3) is 0 Å². The topological polar surface area (TPSA) is 21.3 Å². The van der Waals surface area contributed by atoms with Crippen LogP contribution in [0.25, 0.3) is 0 Å². The van der Waals surface area contributed by atoms with Crippen molar-refractivity contribution in [1.29, 1.82) is 0 Å². The molecule has 0 heterocycles. The van der Waals surface area contributed by atoms with Crippen LogP contribution in [0.1, 0.15) is 31.4 Å². The van der Waals surface area contributed by atoms with Crippen LogP contribution in [-0.2, 0) is 4.74 Å². The summed E-state index contributed by atoms with van der Waals surface area (Å²) in [5.74, 6) is 0. The highest BCUT2D eigenvalue weighted by atomic mass is 35.5. The maximum absolute atomic E-state index is 11.9. The lowest BCUT2D eigenvalue weighted by molar-refractivity contribution is -0.173. The molecule has 1 aromatic carbocycles. The zero-order chi connectivity index (χ0) is 15.0. The summed E-state index contributed by atoms with van der Waals surface area (Å²) in [6.07, 6.45) is -2.39. The summed E-state index contributed by atoms with van der Waals surface area (Å²) in [5.41, 5.74) is 1.08. The lowest BCUT2D eigenvalue weighted by atomic mass is 10.0. The minimum atomic E-state index is -4.26. The van der Waals surface area contributed by atoms with Crippen molar-refractivity contribution in [2.75, 3.05) is 19.8 Å². The minimum absolute atomic E-state index is 0.0350. The molecule has 1 unspecified atom stereocenters. The van der Waals surface area contributed by atoms with Crippen LogP contribution in [0.3, 0.4) is 0 Å². The van der Waals surface area contributed by atoms with Gasteiger partial charge >= 0.3 is 6.18 Å². The van der Waals surface area contributed by atoms with Gasteiger partial charge in [0.15, 0.2) is 0 Å². The van der Waals surface area contributed by atoms with Gasteiger partial charge in [-0.2, -0.15) is 13.2 Å². The van der Waals surface area contributed by atoms with Crippen molar-refractivity contribution in [3.63, 3.8) is 0 Å². The standard InChI is InChI=1S/C14H19ClF3NO/c1-2-3-13(11-4-6-12(15)7-5-11)19-8-9-20-10-14(16,17)18/h4-7,13,19H,2-3,8-10H2,1H3. The molecule has 0 saturated carbocycles. The number of alkyl halides is 3. The van der Waals surface area contributed by atoms with Crippen molar-refractivity contribution in [2.24, 2.45) is 0 Å².